The van der Waals surface area contributed by atoms with Crippen LogP contribution in [0.3, 0.4) is 0 Å². The third-order valence-electron chi connectivity index (χ3n) is 7.59. The zero-order valence-corrected chi connectivity index (χ0v) is 23.9. The van der Waals surface area contributed by atoms with Gasteiger partial charge >= 0.3 is 6.09 Å². The Morgan fingerprint density at radius 2 is 1.62 bits per heavy atom. The fraction of sp³-hybridized carbons (Fsp3) is 0.562. The summed E-state index contributed by atoms with van der Waals surface area (Å²) in [4.78, 5) is 24.6. The number of nitrogens with zero attached hydrogens (tertiary/aromatic N) is 1. The normalized spacial score (nSPS) is 20.8. The molecule has 1 aliphatic carbocycles. The maximum atomic E-state index is 12.5. The summed E-state index contributed by atoms with van der Waals surface area (Å²) in [6, 6.07) is 19.3. The predicted octanol–water partition coefficient (Wildman–Crippen LogP) is 4.93. The van der Waals surface area contributed by atoms with Crippen molar-refractivity contribution in [2.45, 2.75) is 83.6 Å². The minimum atomic E-state index is -0.653. The number of hydrogen-bond donors (Lipinski definition) is 3. The van der Waals surface area contributed by atoms with Crippen LogP contribution >= 0.6 is 0 Å². The standard InChI is InChI=1S/C27H36N2O3.C5H11NO/c30-26(19-29-16-15-23-13-7-8-14-24(23)18-29)25(17-21-9-3-1-4-10-21)28-27(31)32-20-22-11-5-2-6-12-22;1-5(2,3)6-4-7/h1-6,9-12,23-26,30H,7-8,13-20H2,(H,28,31);4H,1-3H3,(H,6,7)/t23-,24+,25-,26+;/m0./s1. The van der Waals surface area contributed by atoms with Crippen LogP contribution in [0.2, 0.25) is 0 Å². The van der Waals surface area contributed by atoms with E-state index in [0.29, 0.717) is 19.4 Å². The predicted molar refractivity (Wildman–Crippen MR) is 155 cm³/mol. The first-order chi connectivity index (χ1) is 18.7. The van der Waals surface area contributed by atoms with E-state index in [2.05, 4.69) is 15.5 Å². The minimum Gasteiger partial charge on any atom is -0.445 e. The molecule has 2 aliphatic rings. The molecule has 0 unspecified atom stereocenters. The second-order valence-corrected chi connectivity index (χ2v) is 11.9. The van der Waals surface area contributed by atoms with Gasteiger partial charge in [-0.2, -0.15) is 0 Å². The van der Waals surface area contributed by atoms with E-state index in [4.69, 9.17) is 4.74 Å². The lowest BCUT2D eigenvalue weighted by molar-refractivity contribution is -0.110. The van der Waals surface area contributed by atoms with Gasteiger partial charge in [0.2, 0.25) is 6.41 Å². The molecule has 7 nitrogen and oxygen atoms in total. The molecule has 39 heavy (non-hydrogen) atoms. The van der Waals surface area contributed by atoms with Gasteiger partial charge in [0.25, 0.3) is 0 Å². The van der Waals surface area contributed by atoms with Crippen LogP contribution in [0.15, 0.2) is 60.7 Å². The Bertz CT molecular complexity index is 980. The maximum Gasteiger partial charge on any atom is 0.407 e. The Balaban J connectivity index is 0.000000532. The number of likely N-dealkylation sites (tertiary alicyclic amines) is 1. The Morgan fingerprint density at radius 1 is 1.00 bits per heavy atom. The van der Waals surface area contributed by atoms with Gasteiger partial charge in [-0.15, -0.1) is 0 Å². The number of benzene rings is 2. The Morgan fingerprint density at radius 3 is 2.21 bits per heavy atom. The van der Waals surface area contributed by atoms with Gasteiger partial charge in [-0.05, 0) is 69.5 Å². The molecule has 1 heterocycles. The van der Waals surface area contributed by atoms with Crippen LogP contribution in [0.5, 0.6) is 0 Å². The van der Waals surface area contributed by atoms with Gasteiger partial charge in [0.1, 0.15) is 6.61 Å². The summed E-state index contributed by atoms with van der Waals surface area (Å²) in [5.74, 6) is 1.63. The van der Waals surface area contributed by atoms with Crippen LogP contribution in [-0.2, 0) is 22.6 Å². The number of carbonyl (C=O) groups excluding carboxylic acids is 2. The molecular formula is C32H47N3O4. The average molecular weight is 538 g/mol. The number of aliphatic hydroxyl groups is 1. The fourth-order valence-corrected chi connectivity index (χ4v) is 5.48. The van der Waals surface area contributed by atoms with Crippen molar-refractivity contribution in [3.8, 4) is 0 Å². The molecule has 1 aliphatic heterocycles. The van der Waals surface area contributed by atoms with Crippen molar-refractivity contribution in [1.82, 2.24) is 15.5 Å². The molecular weight excluding hydrogens is 490 g/mol. The zero-order valence-electron chi connectivity index (χ0n) is 23.9. The molecule has 214 valence electrons. The number of alkyl carbamates (subject to hydrolysis) is 1. The first-order valence-corrected chi connectivity index (χ1v) is 14.4. The summed E-state index contributed by atoms with van der Waals surface area (Å²) in [6.07, 6.45) is 6.76. The Kier molecular flexibility index (Phi) is 12.3. The summed E-state index contributed by atoms with van der Waals surface area (Å²) in [7, 11) is 0. The van der Waals surface area contributed by atoms with Crippen molar-refractivity contribution in [3.05, 3.63) is 71.8 Å². The van der Waals surface area contributed by atoms with Crippen molar-refractivity contribution in [3.63, 3.8) is 0 Å². The van der Waals surface area contributed by atoms with Crippen LogP contribution < -0.4 is 10.6 Å². The quantitative estimate of drug-likeness (QED) is 0.395. The molecule has 3 N–H and O–H groups in total. The molecule has 2 aromatic carbocycles. The van der Waals surface area contributed by atoms with E-state index >= 15 is 0 Å². The number of β-amino-alcohol motifs (C(OH)–C–C–N with tert-alkyl or cyclic N) is 1. The molecule has 0 radical (unpaired) electrons. The Labute approximate surface area is 234 Å². The number of aliphatic hydroxyl groups excluding tert-OH is 1. The lowest BCUT2D eigenvalue weighted by Crippen LogP contribution is -2.52. The lowest BCUT2D eigenvalue weighted by atomic mass is 9.75. The monoisotopic (exact) mass is 537 g/mol. The van der Waals surface area contributed by atoms with Crippen molar-refractivity contribution in [2.24, 2.45) is 11.8 Å². The molecule has 4 atom stereocenters. The molecule has 0 bridgehead atoms. The number of hydrogen-bond acceptors (Lipinski definition) is 5. The number of carbonyl (C=O) groups is 2. The van der Waals surface area contributed by atoms with Gasteiger partial charge < -0.3 is 25.4 Å². The van der Waals surface area contributed by atoms with Gasteiger partial charge in [-0.1, -0.05) is 79.9 Å². The number of nitrogens with one attached hydrogen (secondary N) is 2. The highest BCUT2D eigenvalue weighted by Gasteiger charge is 2.33. The molecule has 2 aromatic rings. The molecule has 0 aromatic heterocycles. The number of amides is 2. The summed E-state index contributed by atoms with van der Waals surface area (Å²) >= 11 is 0. The largest absolute Gasteiger partial charge is 0.445 e. The van der Waals surface area contributed by atoms with Crippen LogP contribution in [0, 0.1) is 11.8 Å². The van der Waals surface area contributed by atoms with Gasteiger partial charge in [-0.25, -0.2) is 4.79 Å². The van der Waals surface area contributed by atoms with E-state index < -0.39 is 18.2 Å². The van der Waals surface area contributed by atoms with Crippen LogP contribution in [0.25, 0.3) is 0 Å². The number of ether oxygens (including phenoxy) is 1. The van der Waals surface area contributed by atoms with Gasteiger partial charge in [0.05, 0.1) is 12.1 Å². The van der Waals surface area contributed by atoms with E-state index in [-0.39, 0.29) is 12.1 Å². The highest BCUT2D eigenvalue weighted by atomic mass is 16.5. The van der Waals surface area contributed by atoms with Gasteiger partial charge in [0, 0.05) is 18.6 Å². The van der Waals surface area contributed by atoms with Gasteiger partial charge in [0.15, 0.2) is 0 Å². The second-order valence-electron chi connectivity index (χ2n) is 11.9. The van der Waals surface area contributed by atoms with Crippen molar-refractivity contribution in [1.29, 1.82) is 0 Å². The highest BCUT2D eigenvalue weighted by molar-refractivity contribution is 5.67. The molecule has 0 spiro atoms. The highest BCUT2D eigenvalue weighted by Crippen LogP contribution is 2.36. The number of fused-ring (bicyclic) bond motifs is 1. The topological polar surface area (TPSA) is 90.9 Å². The SMILES string of the molecule is CC(C)(C)NC=O.O=C(N[C@@H](Cc1ccccc1)[C@H](O)CN1CC[C@@H]2CCCC[C@@H]2C1)OCc1ccccc1. The van der Waals surface area contributed by atoms with E-state index in [0.717, 1.165) is 36.1 Å². The summed E-state index contributed by atoms with van der Waals surface area (Å²) in [5.41, 5.74) is 1.96. The lowest BCUT2D eigenvalue weighted by Gasteiger charge is -2.42. The van der Waals surface area contributed by atoms with Crippen molar-refractivity contribution < 1.29 is 19.4 Å². The van der Waals surface area contributed by atoms with E-state index in [1.165, 1.54) is 32.1 Å². The average Bonchev–Trinajstić information content (AvgIpc) is 2.92. The Hall–Kier alpha value is -2.90. The first kappa shape index (κ1) is 30.6. The molecule has 2 amide bonds. The number of piperidine rings is 1. The second kappa shape index (κ2) is 15.6. The van der Waals surface area contributed by atoms with Crippen LogP contribution in [0.1, 0.15) is 64.0 Å². The summed E-state index contributed by atoms with van der Waals surface area (Å²) in [6.45, 7) is 8.70. The smallest absolute Gasteiger partial charge is 0.407 e. The van der Waals surface area contributed by atoms with E-state index in [1.54, 1.807) is 0 Å². The maximum absolute atomic E-state index is 12.5. The minimum absolute atomic E-state index is 0.0677. The van der Waals surface area contributed by atoms with Gasteiger partial charge in [-0.3, -0.25) is 4.79 Å². The summed E-state index contributed by atoms with van der Waals surface area (Å²) < 4.78 is 5.43. The van der Waals surface area contributed by atoms with Crippen molar-refractivity contribution >= 4 is 12.5 Å². The molecule has 1 saturated carbocycles. The van der Waals surface area contributed by atoms with E-state index in [9.17, 15) is 14.7 Å². The fourth-order valence-electron chi connectivity index (χ4n) is 5.48. The first-order valence-electron chi connectivity index (χ1n) is 14.4. The van der Waals surface area contributed by atoms with Crippen molar-refractivity contribution in [2.75, 3.05) is 19.6 Å². The zero-order chi connectivity index (χ0) is 28.1. The third-order valence-corrected chi connectivity index (χ3v) is 7.59. The summed E-state index contributed by atoms with van der Waals surface area (Å²) in [5, 5.41) is 16.7. The molecule has 7 heteroatoms. The van der Waals surface area contributed by atoms with Crippen LogP contribution in [0.4, 0.5) is 4.79 Å². The molecule has 4 rings (SSSR count). The third kappa shape index (κ3) is 11.4. The van der Waals surface area contributed by atoms with Crippen LogP contribution in [-0.4, -0.2) is 59.8 Å². The molecule has 2 fully saturated rings. The number of rotatable bonds is 9. The molecule has 1 saturated heterocycles. The van der Waals surface area contributed by atoms with E-state index in [1.807, 2.05) is 81.4 Å².